The van der Waals surface area contributed by atoms with Crippen LogP contribution in [0.15, 0.2) is 109 Å². The highest BCUT2D eigenvalue weighted by Gasteiger charge is 2.38. The van der Waals surface area contributed by atoms with Crippen molar-refractivity contribution < 1.29 is 77.8 Å². The van der Waals surface area contributed by atoms with E-state index in [1.54, 1.807) is 83.8 Å². The number of urea groups is 3. The number of hydrogen-bond acceptors (Lipinski definition) is 18. The van der Waals surface area contributed by atoms with Gasteiger partial charge in [0.05, 0.1) is 63.1 Å². The number of primary amides is 1. The quantitative estimate of drug-likeness (QED) is 0.0233. The first-order chi connectivity index (χ1) is 62.9. The summed E-state index contributed by atoms with van der Waals surface area (Å²) in [5.74, 6) is 0.781. The van der Waals surface area contributed by atoms with Crippen LogP contribution in [0.3, 0.4) is 0 Å². The topological polar surface area (TPSA) is 403 Å². The van der Waals surface area contributed by atoms with E-state index in [1.807, 2.05) is 67.5 Å². The molecule has 132 heavy (non-hydrogen) atoms. The Bertz CT molecular complexity index is 6170. The van der Waals surface area contributed by atoms with Crippen LogP contribution in [0.25, 0.3) is 66.5 Å². The first-order valence-electron chi connectivity index (χ1n) is 45.1. The Morgan fingerprint density at radius 1 is 0.402 bits per heavy atom. The fourth-order valence-electron chi connectivity index (χ4n) is 19.3. The van der Waals surface area contributed by atoms with Gasteiger partial charge >= 0.3 is 48.7 Å². The highest BCUT2D eigenvalue weighted by atomic mass is 32.2. The summed E-state index contributed by atoms with van der Waals surface area (Å²) in [5, 5.41) is 15.1. The zero-order chi connectivity index (χ0) is 94.9. The number of carbonyl (C=O) groups excluding carboxylic acids is 7. The largest absolute Gasteiger partial charge is 0.497 e. The molecule has 3 aliphatic carbocycles. The van der Waals surface area contributed by atoms with Crippen LogP contribution in [0.1, 0.15) is 179 Å². The fourth-order valence-corrected chi connectivity index (χ4v) is 20.9. The molecule has 15 rings (SSSR count). The van der Waals surface area contributed by atoms with E-state index in [0.717, 1.165) is 191 Å². The van der Waals surface area contributed by atoms with Crippen molar-refractivity contribution in [2.45, 2.75) is 171 Å². The number of hydrogen-bond donors (Lipinski definition) is 8. The SMILES string of the molecule is COCCNC(=O)CN(C)C(=O)NC1Cc2cc(OC)ccc2-c2c(C3CCCCC3)c3ccc(C(=O)NS(=O)(=O)N(C)C)cc3n2C1.COc1ccc2c(c1)CC(NC(=O)N(C)CCN(C)C)Cn1c-2c(C2CCCCC2)c2ccc(C(=O)NS(=O)(=O)N(C)C)cc21.COc1ccc2c(c1)CC(NC(N)=O)Cn1c-2c(C2CCCCC2)c2ccc(C(=O)NS(=O)(=O)N(C)C)cc21. The lowest BCUT2D eigenvalue weighted by molar-refractivity contribution is -0.121. The lowest BCUT2D eigenvalue weighted by atomic mass is 9.81. The molecule has 3 atom stereocenters. The summed E-state index contributed by atoms with van der Waals surface area (Å²) in [6.07, 6.45) is 18.6. The Kier molecular flexibility index (Phi) is 31.4. The third-order valence-electron chi connectivity index (χ3n) is 26.1. The van der Waals surface area contributed by atoms with Crippen LogP contribution in [-0.2, 0) is 79.1 Å². The number of aromatic nitrogens is 3. The van der Waals surface area contributed by atoms with Crippen LogP contribution in [0.4, 0.5) is 14.4 Å². The molecule has 0 radical (unpaired) electrons. The number of ether oxygens (including phenoxy) is 4. The zero-order valence-corrected chi connectivity index (χ0v) is 80.5. The normalized spacial score (nSPS) is 17.1. The van der Waals surface area contributed by atoms with Crippen molar-refractivity contribution in [2.75, 3.05) is 132 Å². The van der Waals surface area contributed by atoms with Gasteiger partial charge in [0.25, 0.3) is 17.7 Å². The van der Waals surface area contributed by atoms with E-state index in [4.69, 9.17) is 24.7 Å². The molecule has 9 aromatic rings. The molecule has 3 aliphatic heterocycles. The van der Waals surface area contributed by atoms with Gasteiger partial charge in [0.2, 0.25) is 5.91 Å². The van der Waals surface area contributed by atoms with Crippen molar-refractivity contribution in [1.82, 2.24) is 76.8 Å². The molecule has 0 spiro atoms. The molecular formula is C95H127N17O17S3. The Morgan fingerprint density at radius 2 is 0.720 bits per heavy atom. The first kappa shape index (κ1) is 98.2. The van der Waals surface area contributed by atoms with E-state index in [9.17, 15) is 58.8 Å². The molecule has 0 saturated heterocycles. The van der Waals surface area contributed by atoms with Gasteiger partial charge in [-0.2, -0.15) is 38.2 Å². The summed E-state index contributed by atoms with van der Waals surface area (Å²) in [6.45, 7) is 3.26. The lowest BCUT2D eigenvalue weighted by Gasteiger charge is -2.25. The van der Waals surface area contributed by atoms with E-state index >= 15 is 0 Å². The van der Waals surface area contributed by atoms with Gasteiger partial charge in [-0.05, 0) is 214 Å². The van der Waals surface area contributed by atoms with Gasteiger partial charge in [0.15, 0.2) is 0 Å². The molecule has 34 nitrogen and oxygen atoms in total. The van der Waals surface area contributed by atoms with E-state index < -0.39 is 60.4 Å². The summed E-state index contributed by atoms with van der Waals surface area (Å²) < 4.78 is 112. The molecule has 3 unspecified atom stereocenters. The van der Waals surface area contributed by atoms with Gasteiger partial charge in [-0.25, -0.2) is 28.5 Å². The van der Waals surface area contributed by atoms with Gasteiger partial charge in [-0.1, -0.05) is 76.0 Å². The monoisotopic (exact) mass is 1870 g/mol. The minimum absolute atomic E-state index is 0.121. The minimum Gasteiger partial charge on any atom is -0.497 e. The highest BCUT2D eigenvalue weighted by Crippen LogP contribution is 2.51. The molecule has 10 amide bonds. The number of nitrogens with one attached hydrogen (secondary N) is 7. The number of nitrogens with two attached hydrogens (primary N) is 1. The Hall–Kier alpha value is -11.3. The number of likely N-dealkylation sites (N-methyl/N-ethyl adjacent to an activating group) is 3. The molecule has 712 valence electrons. The second kappa shape index (κ2) is 42.3. The maximum atomic E-state index is 13.4. The smallest absolute Gasteiger partial charge is 0.317 e. The van der Waals surface area contributed by atoms with E-state index in [0.29, 0.717) is 82.1 Å². The number of rotatable bonds is 26. The average molecular weight is 1880 g/mol. The number of amides is 10. The van der Waals surface area contributed by atoms with Gasteiger partial charge in [-0.3, -0.25) is 19.2 Å². The minimum atomic E-state index is -4.00. The maximum Gasteiger partial charge on any atom is 0.317 e. The van der Waals surface area contributed by atoms with Crippen LogP contribution < -0.4 is 55.4 Å². The van der Waals surface area contributed by atoms with Gasteiger partial charge in [0, 0.05) is 169 Å². The van der Waals surface area contributed by atoms with Crippen molar-refractivity contribution in [1.29, 1.82) is 0 Å². The second-order valence-electron chi connectivity index (χ2n) is 36.1. The maximum absolute atomic E-state index is 13.4. The Labute approximate surface area is 773 Å². The molecule has 3 aromatic heterocycles. The second-order valence-corrected chi connectivity index (χ2v) is 41.7. The number of benzene rings is 6. The molecule has 6 aromatic carbocycles. The van der Waals surface area contributed by atoms with Crippen LogP contribution in [-0.4, -0.2) is 258 Å². The van der Waals surface area contributed by atoms with Gasteiger partial charge < -0.3 is 74.3 Å². The standard InChI is InChI=1S/C34H46N6O7S.C33H46N6O5S.C28H35N5O5S/c1-38(2)48(44,45)37-33(42)23-11-13-28-29(19-23)40-20-25(36-34(43)39(3)21-30(41)35-15-16-46-4)17-24-18-26(47-5)12-14-27(24)32(40)31(28)22-9-7-6-8-10-22;1-36(2)16-17-38(5)33(41)34-25-18-24-19-26(44-6)13-15-27(24)31-30(22-10-8-7-9-11-22)28-14-12-23(20-29(28)39(31)21-25)32(40)35-45(42,43)37(3)4;1-32(2)39(36,37)31-27(34)18-9-11-23-24(15-18)33-16-20(30-28(29)35)13-19-14-21(38-3)10-12-22(19)26(33)25(23)17-7-5-4-6-8-17/h11-14,18-19,22,25H,6-10,15-17,20-21H2,1-5H3,(H,35,41)(H,36,43)(H,37,42);12-15,19-20,22,25H,7-11,16-18,21H2,1-6H3,(H,34,41)(H,35,40);9-12,14-15,17,20H,4-8,13,16H2,1-3H3,(H,31,34)(H3,29,30,35). The molecule has 6 heterocycles. The van der Waals surface area contributed by atoms with Crippen LogP contribution in [0.2, 0.25) is 0 Å². The summed E-state index contributed by atoms with van der Waals surface area (Å²) >= 11 is 0. The number of methoxy groups -OCH3 is 4. The summed E-state index contributed by atoms with van der Waals surface area (Å²) in [5.41, 5.74) is 21.9. The average Bonchev–Trinajstić information content (AvgIpc) is 1.58. The van der Waals surface area contributed by atoms with E-state index in [-0.39, 0.29) is 53.3 Å². The number of nitrogens with zero attached hydrogens (tertiary/aromatic N) is 9. The van der Waals surface area contributed by atoms with Crippen molar-refractivity contribution in [3.05, 3.63) is 159 Å². The Morgan fingerprint density at radius 3 is 1.02 bits per heavy atom. The molecule has 3 fully saturated rings. The predicted octanol–water partition coefficient (Wildman–Crippen LogP) is 10.8. The molecule has 9 N–H and O–H groups in total. The van der Waals surface area contributed by atoms with Crippen LogP contribution >= 0.6 is 0 Å². The van der Waals surface area contributed by atoms with Crippen LogP contribution in [0.5, 0.6) is 17.2 Å². The molecule has 3 saturated carbocycles. The molecule has 0 bridgehead atoms. The summed E-state index contributed by atoms with van der Waals surface area (Å²) in [6, 6.07) is 32.3. The Balaban J connectivity index is 0.000000169. The lowest BCUT2D eigenvalue weighted by Crippen LogP contribution is -2.48. The van der Waals surface area contributed by atoms with Gasteiger partial charge in [0.1, 0.15) is 23.8 Å². The third kappa shape index (κ3) is 22.3. The third-order valence-corrected chi connectivity index (χ3v) is 30.4. The molecule has 37 heteroatoms. The van der Waals surface area contributed by atoms with Crippen molar-refractivity contribution in [3.8, 4) is 51.0 Å². The fraction of sp³-hybridized carbons (Fsp3) is 0.484. The summed E-state index contributed by atoms with van der Waals surface area (Å²) in [7, 11) is 10.1. The predicted molar refractivity (Wildman–Crippen MR) is 510 cm³/mol. The number of carbonyl (C=O) groups is 7. The van der Waals surface area contributed by atoms with Crippen molar-refractivity contribution in [2.24, 2.45) is 5.73 Å². The first-order valence-corrected chi connectivity index (χ1v) is 49.5. The van der Waals surface area contributed by atoms with E-state index in [2.05, 4.69) is 73.4 Å². The molecular weight excluding hydrogens is 1750 g/mol. The van der Waals surface area contributed by atoms with E-state index in [1.165, 1.54) is 83.1 Å². The van der Waals surface area contributed by atoms with Crippen molar-refractivity contribution in [3.63, 3.8) is 0 Å². The molecule has 6 aliphatic rings. The highest BCUT2D eigenvalue weighted by molar-refractivity contribution is 7.88. The number of fused-ring (bicyclic) bond motifs is 15. The van der Waals surface area contributed by atoms with Crippen molar-refractivity contribution >= 4 is 105 Å². The summed E-state index contributed by atoms with van der Waals surface area (Å²) in [4.78, 5) is 95.7. The zero-order valence-electron chi connectivity index (χ0n) is 78.0. The van der Waals surface area contributed by atoms with Crippen LogP contribution in [0, 0.1) is 0 Å². The van der Waals surface area contributed by atoms with Gasteiger partial charge in [-0.15, -0.1) is 0 Å².